The number of nitrogens with zero attached hydrogens (tertiary/aromatic N) is 6. The lowest BCUT2D eigenvalue weighted by Gasteiger charge is -2.30. The minimum atomic E-state index is -1.04. The first kappa shape index (κ1) is 26.8. The molecule has 4 aliphatic rings. The van der Waals surface area contributed by atoms with Gasteiger partial charge in [0.1, 0.15) is 18.2 Å². The number of rotatable bonds is 5. The summed E-state index contributed by atoms with van der Waals surface area (Å²) < 4.78 is 27.4. The van der Waals surface area contributed by atoms with Gasteiger partial charge in [-0.15, -0.1) is 0 Å². The van der Waals surface area contributed by atoms with Gasteiger partial charge in [0.25, 0.3) is 17.7 Å². The van der Waals surface area contributed by atoms with Crippen LogP contribution in [0.2, 0.25) is 0 Å². The molecule has 3 aromatic rings. The number of hydrogen-bond donors (Lipinski definition) is 0. The summed E-state index contributed by atoms with van der Waals surface area (Å²) in [5, 5.41) is 15.6. The monoisotopic (exact) mass is 580 g/mol. The first-order valence-corrected chi connectivity index (χ1v) is 14.1. The maximum Gasteiger partial charge on any atom is 0.264 e. The second-order valence-electron chi connectivity index (χ2n) is 11.0. The summed E-state index contributed by atoms with van der Waals surface area (Å²) >= 11 is 0. The van der Waals surface area contributed by atoms with Crippen molar-refractivity contribution in [3.8, 4) is 0 Å². The summed E-state index contributed by atoms with van der Waals surface area (Å²) in [5.41, 5.74) is 3.67. The lowest BCUT2D eigenvalue weighted by Crippen LogP contribution is -2.45. The number of carbonyl (C=O) groups excluding carboxylic acids is 3. The van der Waals surface area contributed by atoms with Gasteiger partial charge in [-0.2, -0.15) is 10.2 Å². The highest BCUT2D eigenvalue weighted by Crippen LogP contribution is 2.45. The van der Waals surface area contributed by atoms with Crippen molar-refractivity contribution in [1.82, 2.24) is 10.0 Å². The van der Waals surface area contributed by atoms with E-state index in [-0.39, 0.29) is 18.3 Å². The van der Waals surface area contributed by atoms with E-state index in [0.717, 1.165) is 46.6 Å². The molecule has 3 aliphatic heterocycles. The van der Waals surface area contributed by atoms with Crippen LogP contribution < -0.4 is 4.90 Å². The molecule has 43 heavy (non-hydrogen) atoms. The van der Waals surface area contributed by atoms with Crippen LogP contribution in [-0.4, -0.2) is 52.1 Å². The van der Waals surface area contributed by atoms with Crippen LogP contribution in [0.25, 0.3) is 6.08 Å². The average Bonchev–Trinajstić information content (AvgIpc) is 3.68. The van der Waals surface area contributed by atoms with Gasteiger partial charge in [-0.25, -0.2) is 18.7 Å². The maximum absolute atomic E-state index is 14.0. The zero-order valence-corrected chi connectivity index (χ0v) is 22.9. The van der Waals surface area contributed by atoms with Crippen molar-refractivity contribution in [2.75, 3.05) is 11.4 Å². The molecule has 0 N–H and O–H groups in total. The van der Waals surface area contributed by atoms with Crippen LogP contribution in [-0.2, 0) is 14.4 Å². The Bertz CT molecular complexity index is 1690. The topological polar surface area (TPSA) is 98.0 Å². The number of amides is 3. The molecular weight excluding hydrogens is 554 g/mol. The number of para-hydroxylation sites is 1. The smallest absolute Gasteiger partial charge is 0.264 e. The van der Waals surface area contributed by atoms with Crippen LogP contribution in [0.1, 0.15) is 36.4 Å². The van der Waals surface area contributed by atoms with Crippen molar-refractivity contribution < 1.29 is 23.2 Å². The maximum atomic E-state index is 14.0. The number of benzene rings is 3. The second-order valence-corrected chi connectivity index (χ2v) is 11.0. The molecule has 9 nitrogen and oxygen atoms in total. The van der Waals surface area contributed by atoms with E-state index < -0.39 is 41.7 Å². The summed E-state index contributed by atoms with van der Waals surface area (Å²) in [4.78, 5) is 41.5. The van der Waals surface area contributed by atoms with Gasteiger partial charge >= 0.3 is 0 Å². The SMILES string of the molecule is O=C1C2N=NN(CC(=O)N3N=C4/C(=C\c5ccc(F)cc5)CCCC4C3c3ccc(F)cc3)C2C(=O)N1c1ccccc1. The lowest BCUT2D eigenvalue weighted by molar-refractivity contribution is -0.136. The fraction of sp³-hybridized carbons (Fsp3) is 0.250. The molecule has 1 saturated carbocycles. The number of hydrogen-bond acceptors (Lipinski definition) is 7. The number of fused-ring (bicyclic) bond motifs is 2. The van der Waals surface area contributed by atoms with Gasteiger partial charge in [0.05, 0.1) is 17.4 Å². The summed E-state index contributed by atoms with van der Waals surface area (Å²) in [5.74, 6) is -2.29. The quantitative estimate of drug-likeness (QED) is 0.393. The van der Waals surface area contributed by atoms with Crippen LogP contribution in [0.5, 0.6) is 0 Å². The van der Waals surface area contributed by atoms with Gasteiger partial charge < -0.3 is 0 Å². The normalized spacial score (nSPS) is 25.4. The van der Waals surface area contributed by atoms with Crippen LogP contribution in [0, 0.1) is 17.6 Å². The van der Waals surface area contributed by atoms with Crippen molar-refractivity contribution in [2.24, 2.45) is 21.4 Å². The number of hydrazone groups is 1. The molecule has 4 atom stereocenters. The highest BCUT2D eigenvalue weighted by Gasteiger charge is 2.55. The zero-order valence-electron chi connectivity index (χ0n) is 22.9. The first-order chi connectivity index (χ1) is 20.9. The van der Waals surface area contributed by atoms with Crippen molar-refractivity contribution in [2.45, 2.75) is 37.4 Å². The lowest BCUT2D eigenvalue weighted by atomic mass is 9.77. The number of anilines is 1. The van der Waals surface area contributed by atoms with Crippen molar-refractivity contribution in [3.05, 3.63) is 107 Å². The standard InChI is InChI=1S/C32H26F2N6O3/c33-22-13-9-19(10-14-22)17-21-5-4-8-25-27(21)36-40(29(25)20-11-15-23(34)16-12-20)26(41)18-38-30-28(35-37-38)31(42)39(32(30)43)24-6-2-1-3-7-24/h1-3,6-7,9-17,25,28-30H,4-5,8,18H2/b21-17-. The van der Waals surface area contributed by atoms with Crippen LogP contribution in [0.15, 0.2) is 99.9 Å². The highest BCUT2D eigenvalue weighted by atomic mass is 19.1. The van der Waals surface area contributed by atoms with Crippen LogP contribution >= 0.6 is 0 Å². The number of carbonyl (C=O) groups is 3. The van der Waals surface area contributed by atoms with E-state index in [1.165, 1.54) is 34.3 Å². The Morgan fingerprint density at radius 3 is 2.30 bits per heavy atom. The van der Waals surface area contributed by atoms with Gasteiger partial charge in [-0.3, -0.25) is 19.4 Å². The van der Waals surface area contributed by atoms with Gasteiger partial charge in [0.15, 0.2) is 12.1 Å². The minimum Gasteiger partial charge on any atom is -0.271 e. The Morgan fingerprint density at radius 1 is 0.884 bits per heavy atom. The molecule has 0 radical (unpaired) electrons. The number of halogens is 2. The fourth-order valence-electron chi connectivity index (χ4n) is 6.36. The molecule has 216 valence electrons. The van der Waals surface area contributed by atoms with Gasteiger partial charge in [-0.1, -0.05) is 47.7 Å². The molecule has 0 aromatic heterocycles. The zero-order chi connectivity index (χ0) is 29.7. The molecule has 2 fully saturated rings. The number of allylic oxidation sites excluding steroid dienone is 1. The Morgan fingerprint density at radius 2 is 1.58 bits per heavy atom. The van der Waals surface area contributed by atoms with E-state index in [9.17, 15) is 23.2 Å². The van der Waals surface area contributed by atoms with E-state index in [2.05, 4.69) is 10.3 Å². The van der Waals surface area contributed by atoms with Gasteiger partial charge in [-0.05, 0) is 78.4 Å². The Kier molecular flexibility index (Phi) is 6.64. The summed E-state index contributed by atoms with van der Waals surface area (Å²) in [7, 11) is 0. The largest absolute Gasteiger partial charge is 0.271 e. The van der Waals surface area contributed by atoms with E-state index >= 15 is 0 Å². The van der Waals surface area contributed by atoms with E-state index in [1.807, 2.05) is 6.08 Å². The van der Waals surface area contributed by atoms with E-state index in [1.54, 1.807) is 54.6 Å². The summed E-state index contributed by atoms with van der Waals surface area (Å²) in [6, 6.07) is 18.2. The van der Waals surface area contributed by atoms with Crippen molar-refractivity contribution in [3.63, 3.8) is 0 Å². The molecule has 11 heteroatoms. The van der Waals surface area contributed by atoms with E-state index in [0.29, 0.717) is 5.69 Å². The Balaban J connectivity index is 1.19. The third-order valence-corrected chi connectivity index (χ3v) is 8.35. The molecule has 4 unspecified atom stereocenters. The molecule has 0 spiro atoms. The molecule has 1 saturated heterocycles. The van der Waals surface area contributed by atoms with Crippen molar-refractivity contribution in [1.29, 1.82) is 0 Å². The molecule has 3 aromatic carbocycles. The first-order valence-electron chi connectivity index (χ1n) is 14.1. The second kappa shape index (κ2) is 10.6. The summed E-state index contributed by atoms with van der Waals surface area (Å²) in [6.45, 7) is -0.329. The average molecular weight is 581 g/mol. The Labute approximate surface area is 245 Å². The third-order valence-electron chi connectivity index (χ3n) is 8.35. The summed E-state index contributed by atoms with van der Waals surface area (Å²) in [6.07, 6.45) is 4.31. The van der Waals surface area contributed by atoms with Crippen molar-refractivity contribution >= 4 is 35.2 Å². The predicted molar refractivity (Wildman–Crippen MR) is 153 cm³/mol. The fourth-order valence-corrected chi connectivity index (χ4v) is 6.36. The Hall–Kier alpha value is -5.06. The van der Waals surface area contributed by atoms with Crippen LogP contribution in [0.3, 0.4) is 0 Å². The molecule has 7 rings (SSSR count). The highest BCUT2D eigenvalue weighted by molar-refractivity contribution is 6.25. The minimum absolute atomic E-state index is 0.147. The predicted octanol–water partition coefficient (Wildman–Crippen LogP) is 5.08. The molecule has 3 heterocycles. The molecule has 3 amide bonds. The van der Waals surface area contributed by atoms with Gasteiger partial charge in [0, 0.05) is 5.92 Å². The molecular formula is C32H26F2N6O3. The molecule has 0 bridgehead atoms. The van der Waals surface area contributed by atoms with E-state index in [4.69, 9.17) is 5.10 Å². The third kappa shape index (κ3) is 4.70. The van der Waals surface area contributed by atoms with Crippen LogP contribution in [0.4, 0.5) is 14.5 Å². The van der Waals surface area contributed by atoms with Gasteiger partial charge in [0.2, 0.25) is 0 Å². The number of imide groups is 1. The molecule has 1 aliphatic carbocycles.